The topological polar surface area (TPSA) is 29.1 Å². The maximum atomic E-state index is 10.0. The number of nitrogens with one attached hydrogen (secondary N) is 1. The molecule has 0 saturated heterocycles. The van der Waals surface area contributed by atoms with Crippen molar-refractivity contribution in [2.75, 3.05) is 13.1 Å². The monoisotopic (exact) mass is 177 g/mol. The van der Waals surface area contributed by atoms with Gasteiger partial charge in [-0.25, -0.2) is 0 Å². The SMILES string of the molecule is Cc1ccccc1CCNCC=O. The average molecular weight is 177 g/mol. The Hall–Kier alpha value is -1.15. The van der Waals surface area contributed by atoms with E-state index in [2.05, 4.69) is 24.4 Å². The summed E-state index contributed by atoms with van der Waals surface area (Å²) in [4.78, 5) is 10.0. The molecule has 0 unspecified atom stereocenters. The molecule has 0 aliphatic carbocycles. The van der Waals surface area contributed by atoms with Crippen LogP contribution in [-0.4, -0.2) is 19.4 Å². The predicted molar refractivity (Wildman–Crippen MR) is 53.8 cm³/mol. The third-order valence-corrected chi connectivity index (χ3v) is 2.06. The van der Waals surface area contributed by atoms with Crippen molar-refractivity contribution in [1.29, 1.82) is 0 Å². The summed E-state index contributed by atoms with van der Waals surface area (Å²) in [6.45, 7) is 3.42. The van der Waals surface area contributed by atoms with E-state index in [9.17, 15) is 4.79 Å². The second-order valence-corrected chi connectivity index (χ2v) is 3.05. The maximum absolute atomic E-state index is 10.0. The van der Waals surface area contributed by atoms with Gasteiger partial charge < -0.3 is 10.1 Å². The molecule has 1 aromatic carbocycles. The van der Waals surface area contributed by atoms with Gasteiger partial charge in [-0.15, -0.1) is 0 Å². The number of rotatable bonds is 5. The van der Waals surface area contributed by atoms with Crippen molar-refractivity contribution in [3.63, 3.8) is 0 Å². The molecule has 0 aromatic heterocycles. The Labute approximate surface area is 79.0 Å². The molecule has 0 aliphatic rings. The van der Waals surface area contributed by atoms with Gasteiger partial charge in [0.1, 0.15) is 6.29 Å². The zero-order valence-electron chi connectivity index (χ0n) is 7.92. The largest absolute Gasteiger partial charge is 0.310 e. The number of benzene rings is 1. The van der Waals surface area contributed by atoms with E-state index in [4.69, 9.17) is 0 Å². The minimum absolute atomic E-state index is 0.450. The third-order valence-electron chi connectivity index (χ3n) is 2.06. The summed E-state index contributed by atoms with van der Waals surface area (Å²) in [5.74, 6) is 0. The highest BCUT2D eigenvalue weighted by Crippen LogP contribution is 2.06. The summed E-state index contributed by atoms with van der Waals surface area (Å²) in [5.41, 5.74) is 2.66. The maximum Gasteiger partial charge on any atom is 0.133 e. The first-order chi connectivity index (χ1) is 6.34. The van der Waals surface area contributed by atoms with E-state index in [0.717, 1.165) is 19.3 Å². The molecule has 2 nitrogen and oxygen atoms in total. The number of carbonyl (C=O) groups excluding carboxylic acids is 1. The normalized spacial score (nSPS) is 9.92. The lowest BCUT2D eigenvalue weighted by atomic mass is 10.1. The number of hydrogen-bond donors (Lipinski definition) is 1. The number of hydrogen-bond acceptors (Lipinski definition) is 2. The highest BCUT2D eigenvalue weighted by Gasteiger charge is 1.95. The van der Waals surface area contributed by atoms with Crippen molar-refractivity contribution in [3.05, 3.63) is 35.4 Å². The summed E-state index contributed by atoms with van der Waals surface area (Å²) in [7, 11) is 0. The van der Waals surface area contributed by atoms with Gasteiger partial charge in [0.25, 0.3) is 0 Å². The fraction of sp³-hybridized carbons (Fsp3) is 0.364. The summed E-state index contributed by atoms with van der Waals surface area (Å²) < 4.78 is 0. The van der Waals surface area contributed by atoms with E-state index in [1.807, 2.05) is 12.1 Å². The lowest BCUT2D eigenvalue weighted by Crippen LogP contribution is -2.19. The van der Waals surface area contributed by atoms with Crippen LogP contribution in [0.2, 0.25) is 0 Å². The van der Waals surface area contributed by atoms with Gasteiger partial charge in [-0.05, 0) is 31.0 Å². The summed E-state index contributed by atoms with van der Waals surface area (Å²) >= 11 is 0. The quantitative estimate of drug-likeness (QED) is 0.543. The molecule has 70 valence electrons. The Morgan fingerprint density at radius 2 is 2.15 bits per heavy atom. The zero-order chi connectivity index (χ0) is 9.52. The molecule has 0 aliphatic heterocycles. The molecule has 0 fully saturated rings. The molecule has 1 N–H and O–H groups in total. The molecule has 1 aromatic rings. The predicted octanol–water partition coefficient (Wildman–Crippen LogP) is 1.33. The van der Waals surface area contributed by atoms with Gasteiger partial charge >= 0.3 is 0 Å². The fourth-order valence-corrected chi connectivity index (χ4v) is 1.27. The molecule has 13 heavy (non-hydrogen) atoms. The second-order valence-electron chi connectivity index (χ2n) is 3.05. The average Bonchev–Trinajstić information content (AvgIpc) is 2.15. The van der Waals surface area contributed by atoms with E-state index in [0.29, 0.717) is 6.54 Å². The van der Waals surface area contributed by atoms with Gasteiger partial charge in [0.15, 0.2) is 0 Å². The van der Waals surface area contributed by atoms with Crippen LogP contribution in [0.3, 0.4) is 0 Å². The van der Waals surface area contributed by atoms with E-state index >= 15 is 0 Å². The van der Waals surface area contributed by atoms with Gasteiger partial charge in [-0.1, -0.05) is 24.3 Å². The molecular formula is C11H15NO. The minimum atomic E-state index is 0.450. The summed E-state index contributed by atoms with van der Waals surface area (Å²) in [5, 5.41) is 3.04. The first-order valence-corrected chi connectivity index (χ1v) is 4.53. The Morgan fingerprint density at radius 1 is 1.38 bits per heavy atom. The summed E-state index contributed by atoms with van der Waals surface area (Å²) in [6, 6.07) is 8.31. The van der Waals surface area contributed by atoms with Crippen molar-refractivity contribution in [3.8, 4) is 0 Å². The molecular weight excluding hydrogens is 162 g/mol. The standard InChI is InChI=1S/C11H15NO/c1-10-4-2-3-5-11(10)6-7-12-8-9-13/h2-5,9,12H,6-8H2,1H3. The Morgan fingerprint density at radius 3 is 2.85 bits per heavy atom. The molecule has 0 saturated carbocycles. The lowest BCUT2D eigenvalue weighted by Gasteiger charge is -2.04. The Bertz CT molecular complexity index is 271. The van der Waals surface area contributed by atoms with Crippen molar-refractivity contribution < 1.29 is 4.79 Å². The second kappa shape index (κ2) is 5.49. The van der Waals surface area contributed by atoms with Crippen LogP contribution in [0.1, 0.15) is 11.1 Å². The third kappa shape index (κ3) is 3.38. The van der Waals surface area contributed by atoms with Crippen molar-refractivity contribution >= 4 is 6.29 Å². The van der Waals surface area contributed by atoms with Crippen LogP contribution in [0, 0.1) is 6.92 Å². The molecule has 0 atom stereocenters. The van der Waals surface area contributed by atoms with Gasteiger partial charge in [-0.2, -0.15) is 0 Å². The van der Waals surface area contributed by atoms with Crippen LogP contribution in [0.25, 0.3) is 0 Å². The molecule has 0 spiro atoms. The Balaban J connectivity index is 2.36. The highest BCUT2D eigenvalue weighted by atomic mass is 16.1. The molecule has 2 heteroatoms. The molecule has 0 bridgehead atoms. The van der Waals surface area contributed by atoms with E-state index in [1.165, 1.54) is 11.1 Å². The van der Waals surface area contributed by atoms with Crippen molar-refractivity contribution in [2.24, 2.45) is 0 Å². The van der Waals surface area contributed by atoms with E-state index in [1.54, 1.807) is 0 Å². The van der Waals surface area contributed by atoms with Gasteiger partial charge in [0, 0.05) is 0 Å². The van der Waals surface area contributed by atoms with E-state index in [-0.39, 0.29) is 0 Å². The van der Waals surface area contributed by atoms with Gasteiger partial charge in [0.2, 0.25) is 0 Å². The van der Waals surface area contributed by atoms with E-state index < -0.39 is 0 Å². The van der Waals surface area contributed by atoms with Crippen LogP contribution >= 0.6 is 0 Å². The van der Waals surface area contributed by atoms with Crippen LogP contribution in [-0.2, 0) is 11.2 Å². The van der Waals surface area contributed by atoms with Crippen LogP contribution in [0.4, 0.5) is 0 Å². The van der Waals surface area contributed by atoms with Gasteiger partial charge in [0.05, 0.1) is 6.54 Å². The Kier molecular flexibility index (Phi) is 4.19. The van der Waals surface area contributed by atoms with Gasteiger partial charge in [-0.3, -0.25) is 0 Å². The number of aldehydes is 1. The smallest absolute Gasteiger partial charge is 0.133 e. The first-order valence-electron chi connectivity index (χ1n) is 4.53. The van der Waals surface area contributed by atoms with Crippen LogP contribution in [0.5, 0.6) is 0 Å². The highest BCUT2D eigenvalue weighted by molar-refractivity contribution is 5.51. The first kappa shape index (κ1) is 9.93. The molecule has 1 rings (SSSR count). The lowest BCUT2D eigenvalue weighted by molar-refractivity contribution is -0.107. The zero-order valence-corrected chi connectivity index (χ0v) is 7.92. The van der Waals surface area contributed by atoms with Crippen molar-refractivity contribution in [1.82, 2.24) is 5.32 Å². The molecule has 0 radical (unpaired) electrons. The molecule has 0 heterocycles. The minimum Gasteiger partial charge on any atom is -0.310 e. The fourth-order valence-electron chi connectivity index (χ4n) is 1.27. The van der Waals surface area contributed by atoms with Crippen molar-refractivity contribution in [2.45, 2.75) is 13.3 Å². The summed E-state index contributed by atoms with van der Waals surface area (Å²) in [6.07, 6.45) is 1.87. The molecule has 0 amide bonds. The van der Waals surface area contributed by atoms with Crippen LogP contribution in [0.15, 0.2) is 24.3 Å². The number of aryl methyl sites for hydroxylation is 1. The van der Waals surface area contributed by atoms with Crippen LogP contribution < -0.4 is 5.32 Å². The number of carbonyl (C=O) groups is 1.